The van der Waals surface area contributed by atoms with E-state index in [-0.39, 0.29) is 10.8 Å². The average Bonchev–Trinajstić information content (AvgIpc) is 2.54. The maximum absolute atomic E-state index is 11.5. The molecule has 0 fully saturated rings. The van der Waals surface area contributed by atoms with E-state index in [1.807, 2.05) is 0 Å². The summed E-state index contributed by atoms with van der Waals surface area (Å²) in [5.74, 6) is -0.603. The first-order chi connectivity index (χ1) is 7.95. The lowest BCUT2D eigenvalue weighted by atomic mass is 10.0. The largest absolute Gasteiger partial charge is 0.325 e. The summed E-state index contributed by atoms with van der Waals surface area (Å²) >= 11 is 0. The first-order valence-electron chi connectivity index (χ1n) is 4.74. The number of isocyanates is 1. The Kier molecular flexibility index (Phi) is 2.57. The monoisotopic (exact) mass is 252 g/mol. The molecule has 1 atom stereocenters. The van der Waals surface area contributed by atoms with Crippen LogP contribution in [0.15, 0.2) is 27.5 Å². The Hall–Kier alpha value is -1.98. The van der Waals surface area contributed by atoms with Crippen LogP contribution in [-0.2, 0) is 19.6 Å². The predicted octanol–water partition coefficient (Wildman–Crippen LogP) is 0.767. The van der Waals surface area contributed by atoms with Crippen LogP contribution in [0, 0.1) is 0 Å². The second kappa shape index (κ2) is 3.80. The van der Waals surface area contributed by atoms with Gasteiger partial charge < -0.3 is 5.32 Å². The Morgan fingerprint density at radius 2 is 2.12 bits per heavy atom. The van der Waals surface area contributed by atoms with Gasteiger partial charge in [0.2, 0.25) is 5.91 Å². The van der Waals surface area contributed by atoms with E-state index in [9.17, 15) is 18.0 Å². The molecule has 0 spiro atoms. The van der Waals surface area contributed by atoms with Crippen LogP contribution in [0.2, 0.25) is 0 Å². The zero-order chi connectivity index (χ0) is 12.6. The Balaban J connectivity index is 2.57. The number of hydrogen-bond acceptors (Lipinski definition) is 4. The van der Waals surface area contributed by atoms with Crippen molar-refractivity contribution in [3.63, 3.8) is 0 Å². The van der Waals surface area contributed by atoms with E-state index in [4.69, 9.17) is 0 Å². The fourth-order valence-electron chi connectivity index (χ4n) is 1.66. The summed E-state index contributed by atoms with van der Waals surface area (Å²) in [5, 5.41) is 2.62. The van der Waals surface area contributed by atoms with Crippen LogP contribution in [0.5, 0.6) is 0 Å². The molecule has 2 rings (SSSR count). The van der Waals surface area contributed by atoms with Gasteiger partial charge in [-0.15, -0.1) is 0 Å². The van der Waals surface area contributed by atoms with Crippen LogP contribution in [0.1, 0.15) is 18.4 Å². The number of carbonyl (C=O) groups excluding carboxylic acids is 2. The molecule has 1 aromatic rings. The van der Waals surface area contributed by atoms with Gasteiger partial charge in [0.1, 0.15) is 0 Å². The normalized spacial score (nSPS) is 18.2. The van der Waals surface area contributed by atoms with Crippen molar-refractivity contribution in [3.8, 4) is 0 Å². The summed E-state index contributed by atoms with van der Waals surface area (Å²) in [6, 6.07) is 4.10. The fraction of sp³-hybridized carbons (Fsp3) is 0.200. The number of hydrogen-bond donors (Lipinski definition) is 1. The molecular formula is C10H8N2O4S. The highest BCUT2D eigenvalue weighted by Gasteiger charge is 2.28. The number of nitrogens with zero attached hydrogens (tertiary/aromatic N) is 1. The molecule has 0 radical (unpaired) electrons. The standard InChI is InChI=1S/C10H8N2O4S/c1-6-8-4-7(17(15,16)11-5-13)2-3-9(8)12-10(6)14/h2-4,6H,1H3,(H,12,14). The molecule has 0 saturated carbocycles. The van der Waals surface area contributed by atoms with Crippen LogP contribution in [-0.4, -0.2) is 20.4 Å². The highest BCUT2D eigenvalue weighted by molar-refractivity contribution is 7.90. The van der Waals surface area contributed by atoms with Crippen molar-refractivity contribution in [1.29, 1.82) is 0 Å². The minimum Gasteiger partial charge on any atom is -0.325 e. The first kappa shape index (κ1) is 11.5. The summed E-state index contributed by atoms with van der Waals surface area (Å²) in [6.07, 6.45) is 0.999. The Morgan fingerprint density at radius 3 is 2.76 bits per heavy atom. The van der Waals surface area contributed by atoms with E-state index in [1.165, 1.54) is 18.2 Å². The van der Waals surface area contributed by atoms with Gasteiger partial charge in [0.15, 0.2) is 0 Å². The second-order valence-corrected chi connectivity index (χ2v) is 5.22. The lowest BCUT2D eigenvalue weighted by Gasteiger charge is -2.03. The van der Waals surface area contributed by atoms with E-state index in [0.29, 0.717) is 11.3 Å². The lowest BCUT2D eigenvalue weighted by molar-refractivity contribution is -0.116. The molecule has 1 aromatic carbocycles. The number of anilines is 1. The number of amides is 1. The molecule has 1 N–H and O–H groups in total. The molecule has 0 saturated heterocycles. The third-order valence-electron chi connectivity index (χ3n) is 2.60. The molecule has 7 heteroatoms. The number of benzene rings is 1. The number of carbonyl (C=O) groups is 1. The van der Waals surface area contributed by atoms with E-state index >= 15 is 0 Å². The highest BCUT2D eigenvalue weighted by atomic mass is 32.2. The van der Waals surface area contributed by atoms with Gasteiger partial charge in [-0.1, -0.05) is 4.40 Å². The third kappa shape index (κ3) is 1.86. The maximum Gasteiger partial charge on any atom is 0.292 e. The SMILES string of the molecule is CC1C(=O)Nc2ccc(S(=O)(=O)N=C=O)cc21. The topological polar surface area (TPSA) is 92.7 Å². The maximum atomic E-state index is 11.5. The molecule has 88 valence electrons. The molecule has 6 nitrogen and oxygen atoms in total. The van der Waals surface area contributed by atoms with Crippen LogP contribution in [0.4, 0.5) is 5.69 Å². The third-order valence-corrected chi connectivity index (χ3v) is 3.76. The number of nitrogens with one attached hydrogen (secondary N) is 1. The van der Waals surface area contributed by atoms with Crippen LogP contribution in [0.3, 0.4) is 0 Å². The predicted molar refractivity (Wildman–Crippen MR) is 58.8 cm³/mol. The van der Waals surface area contributed by atoms with Crippen molar-refractivity contribution in [2.45, 2.75) is 17.7 Å². The molecule has 1 aliphatic heterocycles. The Labute approximate surface area is 97.4 Å². The van der Waals surface area contributed by atoms with Crippen LogP contribution in [0.25, 0.3) is 0 Å². The molecule has 1 aliphatic rings. The van der Waals surface area contributed by atoms with Gasteiger partial charge in [-0.05, 0) is 30.7 Å². The molecule has 1 amide bonds. The van der Waals surface area contributed by atoms with E-state index in [2.05, 4.69) is 9.71 Å². The van der Waals surface area contributed by atoms with Crippen LogP contribution < -0.4 is 5.32 Å². The second-order valence-electron chi connectivity index (χ2n) is 3.62. The van der Waals surface area contributed by atoms with E-state index in [0.717, 1.165) is 6.08 Å². The molecule has 0 aromatic heterocycles. The molecule has 0 bridgehead atoms. The molecular weight excluding hydrogens is 244 g/mol. The van der Waals surface area contributed by atoms with E-state index in [1.54, 1.807) is 6.92 Å². The summed E-state index contributed by atoms with van der Waals surface area (Å²) in [6.45, 7) is 1.67. The van der Waals surface area contributed by atoms with Gasteiger partial charge >= 0.3 is 0 Å². The molecule has 0 aliphatic carbocycles. The van der Waals surface area contributed by atoms with Crippen LogP contribution >= 0.6 is 0 Å². The van der Waals surface area contributed by atoms with Crippen molar-refractivity contribution < 1.29 is 18.0 Å². The minimum absolute atomic E-state index is 0.122. The smallest absolute Gasteiger partial charge is 0.292 e. The number of fused-ring (bicyclic) bond motifs is 1. The Morgan fingerprint density at radius 1 is 1.41 bits per heavy atom. The summed E-state index contributed by atoms with van der Waals surface area (Å²) in [7, 11) is -4.01. The van der Waals surface area contributed by atoms with Gasteiger partial charge in [0.05, 0.1) is 10.8 Å². The zero-order valence-corrected chi connectivity index (χ0v) is 9.61. The van der Waals surface area contributed by atoms with Crippen molar-refractivity contribution in [2.75, 3.05) is 5.32 Å². The number of rotatable bonds is 2. The van der Waals surface area contributed by atoms with E-state index < -0.39 is 15.9 Å². The summed E-state index contributed by atoms with van der Waals surface area (Å²) in [5.41, 5.74) is 1.16. The summed E-state index contributed by atoms with van der Waals surface area (Å²) in [4.78, 5) is 21.3. The lowest BCUT2D eigenvalue weighted by Crippen LogP contribution is -2.08. The minimum atomic E-state index is -4.01. The summed E-state index contributed by atoms with van der Waals surface area (Å²) < 4.78 is 25.7. The first-order valence-corrected chi connectivity index (χ1v) is 6.18. The quantitative estimate of drug-likeness (QED) is 0.621. The highest BCUT2D eigenvalue weighted by Crippen LogP contribution is 2.33. The number of sulfonamides is 1. The van der Waals surface area contributed by atoms with Crippen molar-refractivity contribution in [3.05, 3.63) is 23.8 Å². The zero-order valence-electron chi connectivity index (χ0n) is 8.80. The van der Waals surface area contributed by atoms with Gasteiger partial charge in [0.25, 0.3) is 16.1 Å². The van der Waals surface area contributed by atoms with Gasteiger partial charge in [-0.3, -0.25) is 4.79 Å². The molecule has 1 unspecified atom stereocenters. The van der Waals surface area contributed by atoms with Crippen molar-refractivity contribution >= 4 is 27.7 Å². The van der Waals surface area contributed by atoms with Gasteiger partial charge in [0, 0.05) is 5.69 Å². The molecule has 17 heavy (non-hydrogen) atoms. The van der Waals surface area contributed by atoms with Crippen molar-refractivity contribution in [1.82, 2.24) is 0 Å². The van der Waals surface area contributed by atoms with Gasteiger partial charge in [-0.25, -0.2) is 4.79 Å². The Bertz CT molecular complexity index is 644. The van der Waals surface area contributed by atoms with Gasteiger partial charge in [-0.2, -0.15) is 8.42 Å². The molecule has 1 heterocycles. The average molecular weight is 252 g/mol. The van der Waals surface area contributed by atoms with Crippen molar-refractivity contribution in [2.24, 2.45) is 4.40 Å². The fourth-order valence-corrected chi connectivity index (χ4v) is 2.38.